The lowest BCUT2D eigenvalue weighted by atomic mass is 9.71. The number of hydrogen-bond donors (Lipinski definition) is 2. The third-order valence-corrected chi connectivity index (χ3v) is 5.71. The van der Waals surface area contributed by atoms with Crippen LogP contribution in [0.15, 0.2) is 10.5 Å². The molecule has 0 bridgehead atoms. The summed E-state index contributed by atoms with van der Waals surface area (Å²) in [6.45, 7) is 0. The Hall–Kier alpha value is -1.78. The fraction of sp³-hybridized carbons (Fsp3) is 0.647. The van der Waals surface area contributed by atoms with Gasteiger partial charge in [-0.05, 0) is 62.0 Å². The first-order valence-corrected chi connectivity index (χ1v) is 8.27. The van der Waals surface area contributed by atoms with E-state index in [0.717, 1.165) is 44.3 Å². The number of carbonyl (C=O) groups excluding carboxylic acids is 1. The van der Waals surface area contributed by atoms with E-state index >= 15 is 0 Å². The van der Waals surface area contributed by atoms with E-state index in [1.54, 1.807) is 0 Å². The van der Waals surface area contributed by atoms with E-state index in [0.29, 0.717) is 24.0 Å². The fourth-order valence-corrected chi connectivity index (χ4v) is 4.44. The topological polar surface area (TPSA) is 79.5 Å². The average molecular weight is 303 g/mol. The minimum atomic E-state index is -0.696. The number of amides is 1. The first kappa shape index (κ1) is 13.9. The van der Waals surface area contributed by atoms with Crippen molar-refractivity contribution in [3.8, 4) is 0 Å². The summed E-state index contributed by atoms with van der Waals surface area (Å²) in [5, 5.41) is 12.2. The standard InChI is InChI=1S/C17H21NO4/c19-16(15-8-9-3-1-2-4-14(9)22-15)18-13-7-10-5-11(17(20)21)6-12(10)13/h8,10-13H,1-7H2,(H,18,19)(H,20,21)/t10-,11?,12-,13+/m0/s1. The van der Waals surface area contributed by atoms with Crippen molar-refractivity contribution >= 4 is 11.9 Å². The zero-order chi connectivity index (χ0) is 15.3. The fourth-order valence-electron chi connectivity index (χ4n) is 4.44. The predicted molar refractivity (Wildman–Crippen MR) is 78.6 cm³/mol. The molecular weight excluding hydrogens is 282 g/mol. The molecule has 3 aliphatic rings. The normalized spacial score (nSPS) is 32.7. The second kappa shape index (κ2) is 5.14. The number of carboxylic acid groups (broad SMARTS) is 1. The number of fused-ring (bicyclic) bond motifs is 2. The Labute approximate surface area is 129 Å². The lowest BCUT2D eigenvalue weighted by Gasteiger charge is -2.40. The highest BCUT2D eigenvalue weighted by atomic mass is 16.4. The van der Waals surface area contributed by atoms with Gasteiger partial charge in [-0.3, -0.25) is 9.59 Å². The van der Waals surface area contributed by atoms with Crippen LogP contribution in [0.5, 0.6) is 0 Å². The molecule has 2 fully saturated rings. The number of hydrogen-bond acceptors (Lipinski definition) is 3. The van der Waals surface area contributed by atoms with Gasteiger partial charge in [0.1, 0.15) is 5.76 Å². The van der Waals surface area contributed by atoms with Crippen molar-refractivity contribution in [2.24, 2.45) is 17.8 Å². The summed E-state index contributed by atoms with van der Waals surface area (Å²) in [5.74, 6) is 1.12. The molecule has 0 aliphatic heterocycles. The molecule has 1 amide bonds. The van der Waals surface area contributed by atoms with Gasteiger partial charge in [0.25, 0.3) is 5.91 Å². The van der Waals surface area contributed by atoms with Gasteiger partial charge in [0.2, 0.25) is 0 Å². The Morgan fingerprint density at radius 2 is 2.00 bits per heavy atom. The van der Waals surface area contributed by atoms with E-state index in [1.807, 2.05) is 6.07 Å². The molecule has 4 atom stereocenters. The summed E-state index contributed by atoms with van der Waals surface area (Å²) in [7, 11) is 0. The maximum Gasteiger partial charge on any atom is 0.306 e. The van der Waals surface area contributed by atoms with Gasteiger partial charge in [-0.2, -0.15) is 0 Å². The highest BCUT2D eigenvalue weighted by molar-refractivity contribution is 5.92. The van der Waals surface area contributed by atoms with Gasteiger partial charge in [-0.1, -0.05) is 0 Å². The summed E-state index contributed by atoms with van der Waals surface area (Å²) < 4.78 is 5.70. The van der Waals surface area contributed by atoms with Crippen molar-refractivity contribution in [3.63, 3.8) is 0 Å². The number of furan rings is 1. The number of carbonyl (C=O) groups is 2. The summed E-state index contributed by atoms with van der Waals surface area (Å²) in [6.07, 6.45) is 6.58. The predicted octanol–water partition coefficient (Wildman–Crippen LogP) is 2.39. The van der Waals surface area contributed by atoms with Gasteiger partial charge >= 0.3 is 5.97 Å². The molecule has 4 rings (SSSR count). The first-order valence-electron chi connectivity index (χ1n) is 8.27. The molecular formula is C17H21NO4. The molecule has 1 aromatic heterocycles. The third kappa shape index (κ3) is 2.23. The van der Waals surface area contributed by atoms with Crippen molar-refractivity contribution in [3.05, 3.63) is 23.2 Å². The highest BCUT2D eigenvalue weighted by Crippen LogP contribution is 2.49. The largest absolute Gasteiger partial charge is 0.481 e. The maximum atomic E-state index is 12.3. The van der Waals surface area contributed by atoms with Crippen LogP contribution in [0.2, 0.25) is 0 Å². The molecule has 0 aromatic carbocycles. The Kier molecular flexibility index (Phi) is 3.24. The number of aliphatic carboxylic acids is 1. The number of aryl methyl sites for hydroxylation is 2. The third-order valence-electron chi connectivity index (χ3n) is 5.71. The summed E-state index contributed by atoms with van der Waals surface area (Å²) in [4.78, 5) is 23.4. The van der Waals surface area contributed by atoms with Gasteiger partial charge in [-0.25, -0.2) is 0 Å². The van der Waals surface area contributed by atoms with Crippen LogP contribution in [0.3, 0.4) is 0 Å². The Morgan fingerprint density at radius 1 is 1.18 bits per heavy atom. The molecule has 3 aliphatic carbocycles. The van der Waals surface area contributed by atoms with Crippen molar-refractivity contribution in [2.75, 3.05) is 0 Å². The first-order chi connectivity index (χ1) is 10.6. The monoisotopic (exact) mass is 303 g/mol. The van der Waals surface area contributed by atoms with E-state index in [-0.39, 0.29) is 17.9 Å². The number of carboxylic acids is 1. The smallest absolute Gasteiger partial charge is 0.306 e. The van der Waals surface area contributed by atoms with Crippen LogP contribution < -0.4 is 5.32 Å². The van der Waals surface area contributed by atoms with Crippen molar-refractivity contribution in [1.29, 1.82) is 0 Å². The van der Waals surface area contributed by atoms with Crippen LogP contribution >= 0.6 is 0 Å². The molecule has 2 saturated carbocycles. The SMILES string of the molecule is O=C(N[C@@H]1C[C@@H]2CC(C(=O)O)C[C@@H]21)c1cc2c(o1)CCCC2. The highest BCUT2D eigenvalue weighted by Gasteiger charge is 2.50. The number of rotatable bonds is 3. The molecule has 22 heavy (non-hydrogen) atoms. The zero-order valence-corrected chi connectivity index (χ0v) is 12.5. The Bertz CT molecular complexity index is 597. The summed E-state index contributed by atoms with van der Waals surface area (Å²) >= 11 is 0. The van der Waals surface area contributed by atoms with Crippen LogP contribution in [0.4, 0.5) is 0 Å². The molecule has 5 nitrogen and oxygen atoms in total. The van der Waals surface area contributed by atoms with Crippen LogP contribution in [0.1, 0.15) is 54.0 Å². The average Bonchev–Trinajstić information content (AvgIpc) is 3.06. The lowest BCUT2D eigenvalue weighted by molar-refractivity contribution is -0.141. The molecule has 1 unspecified atom stereocenters. The van der Waals surface area contributed by atoms with E-state index in [2.05, 4.69) is 5.32 Å². The Balaban J connectivity index is 1.39. The zero-order valence-electron chi connectivity index (χ0n) is 12.5. The van der Waals surface area contributed by atoms with Crippen LogP contribution in [0, 0.1) is 17.8 Å². The van der Waals surface area contributed by atoms with Crippen molar-refractivity contribution in [1.82, 2.24) is 5.32 Å². The van der Waals surface area contributed by atoms with Crippen molar-refractivity contribution < 1.29 is 19.1 Å². The molecule has 1 aromatic rings. The van der Waals surface area contributed by atoms with Gasteiger partial charge in [-0.15, -0.1) is 0 Å². The molecule has 0 spiro atoms. The summed E-state index contributed by atoms with van der Waals surface area (Å²) in [6, 6.07) is 2.00. The van der Waals surface area contributed by atoms with E-state index in [4.69, 9.17) is 9.52 Å². The van der Waals surface area contributed by atoms with E-state index < -0.39 is 5.97 Å². The minimum absolute atomic E-state index is 0.115. The van der Waals surface area contributed by atoms with Gasteiger partial charge < -0.3 is 14.8 Å². The minimum Gasteiger partial charge on any atom is -0.481 e. The van der Waals surface area contributed by atoms with Gasteiger partial charge in [0, 0.05) is 12.5 Å². The molecule has 5 heteroatoms. The van der Waals surface area contributed by atoms with Crippen LogP contribution in [-0.4, -0.2) is 23.0 Å². The molecule has 118 valence electrons. The quantitative estimate of drug-likeness (QED) is 0.898. The second-order valence-corrected chi connectivity index (χ2v) is 7.01. The maximum absolute atomic E-state index is 12.3. The van der Waals surface area contributed by atoms with Crippen molar-refractivity contribution in [2.45, 2.75) is 51.0 Å². The van der Waals surface area contributed by atoms with Crippen LogP contribution in [-0.2, 0) is 17.6 Å². The van der Waals surface area contributed by atoms with Crippen LogP contribution in [0.25, 0.3) is 0 Å². The molecule has 0 radical (unpaired) electrons. The number of nitrogens with one attached hydrogen (secondary N) is 1. The van der Waals surface area contributed by atoms with E-state index in [1.165, 1.54) is 5.56 Å². The molecule has 2 N–H and O–H groups in total. The molecule has 0 saturated heterocycles. The Morgan fingerprint density at radius 3 is 2.77 bits per heavy atom. The van der Waals surface area contributed by atoms with Gasteiger partial charge in [0.05, 0.1) is 5.92 Å². The second-order valence-electron chi connectivity index (χ2n) is 7.01. The summed E-state index contributed by atoms with van der Waals surface area (Å²) in [5.41, 5.74) is 1.18. The molecule has 1 heterocycles. The lowest BCUT2D eigenvalue weighted by Crippen LogP contribution is -2.50. The van der Waals surface area contributed by atoms with Gasteiger partial charge in [0.15, 0.2) is 5.76 Å². The van der Waals surface area contributed by atoms with E-state index in [9.17, 15) is 9.59 Å².